The molecule has 28 heavy (non-hydrogen) atoms. The summed E-state index contributed by atoms with van der Waals surface area (Å²) in [6.45, 7) is -0.0698. The molecule has 0 spiro atoms. The lowest BCUT2D eigenvalue weighted by Gasteiger charge is -2.06. The number of ether oxygens (including phenoxy) is 2. The summed E-state index contributed by atoms with van der Waals surface area (Å²) in [4.78, 5) is 31.3. The lowest BCUT2D eigenvalue weighted by atomic mass is 10.1. The summed E-state index contributed by atoms with van der Waals surface area (Å²) in [5.41, 5.74) is 1.66. The molecule has 4 rings (SSSR count). The summed E-state index contributed by atoms with van der Waals surface area (Å²) in [7, 11) is 1.59. The van der Waals surface area contributed by atoms with E-state index in [0.717, 1.165) is 11.3 Å². The van der Waals surface area contributed by atoms with Crippen LogP contribution in [0.5, 0.6) is 5.75 Å². The minimum absolute atomic E-state index is 0.0698. The number of carbonyl (C=O) groups is 1. The molecular formula is C21H16N2O5. The molecule has 0 atom stereocenters. The van der Waals surface area contributed by atoms with Gasteiger partial charge in [-0.1, -0.05) is 18.2 Å². The smallest absolute Gasteiger partial charge is 0.339 e. The van der Waals surface area contributed by atoms with E-state index in [0.29, 0.717) is 22.5 Å². The Bertz CT molecular complexity index is 1190. The highest BCUT2D eigenvalue weighted by atomic mass is 16.5. The topological polar surface area (TPSA) is 94.4 Å². The number of nitrogens with zero attached hydrogens (tertiary/aromatic N) is 1. The van der Waals surface area contributed by atoms with Crippen LogP contribution < -0.4 is 10.3 Å². The Morgan fingerprint density at radius 2 is 1.93 bits per heavy atom. The van der Waals surface area contributed by atoms with E-state index in [2.05, 4.69) is 9.97 Å². The van der Waals surface area contributed by atoms with E-state index in [9.17, 15) is 9.59 Å². The number of methoxy groups -OCH3 is 1. The predicted molar refractivity (Wildman–Crippen MR) is 102 cm³/mol. The molecule has 0 bridgehead atoms. The van der Waals surface area contributed by atoms with Gasteiger partial charge in [0.05, 0.1) is 12.7 Å². The number of aromatic nitrogens is 2. The number of benzene rings is 2. The van der Waals surface area contributed by atoms with Crippen molar-refractivity contribution in [3.8, 4) is 17.2 Å². The zero-order valence-electron chi connectivity index (χ0n) is 15.0. The molecule has 0 radical (unpaired) electrons. The van der Waals surface area contributed by atoms with E-state index in [1.807, 2.05) is 12.1 Å². The lowest BCUT2D eigenvalue weighted by Crippen LogP contribution is -2.13. The lowest BCUT2D eigenvalue weighted by molar-refractivity contribution is 0.0470. The molecule has 7 heteroatoms. The first kappa shape index (κ1) is 17.5. The van der Waals surface area contributed by atoms with Crippen LogP contribution in [0.25, 0.3) is 22.4 Å². The van der Waals surface area contributed by atoms with Crippen molar-refractivity contribution < 1.29 is 18.7 Å². The SMILES string of the molecule is COc1ccc(-c2nc(COC(=O)c3cc(=O)[nH]c4ccccc34)co2)cc1. The first-order valence-electron chi connectivity index (χ1n) is 8.52. The number of hydrogen-bond acceptors (Lipinski definition) is 6. The summed E-state index contributed by atoms with van der Waals surface area (Å²) < 4.78 is 15.9. The molecule has 2 heterocycles. The Labute approximate surface area is 159 Å². The van der Waals surface area contributed by atoms with Gasteiger partial charge in [0.25, 0.3) is 0 Å². The highest BCUT2D eigenvalue weighted by molar-refractivity contribution is 6.03. The number of H-pyrrole nitrogens is 1. The van der Waals surface area contributed by atoms with Crippen molar-refractivity contribution in [1.82, 2.24) is 9.97 Å². The van der Waals surface area contributed by atoms with Crippen LogP contribution in [0, 0.1) is 0 Å². The summed E-state index contributed by atoms with van der Waals surface area (Å²) >= 11 is 0. The normalized spacial score (nSPS) is 10.8. The fourth-order valence-electron chi connectivity index (χ4n) is 2.83. The number of nitrogens with one attached hydrogen (secondary N) is 1. The van der Waals surface area contributed by atoms with Gasteiger partial charge in [-0.25, -0.2) is 9.78 Å². The van der Waals surface area contributed by atoms with Crippen LogP contribution in [-0.2, 0) is 11.3 Å². The Morgan fingerprint density at radius 3 is 2.71 bits per heavy atom. The highest BCUT2D eigenvalue weighted by Gasteiger charge is 2.15. The number of oxazole rings is 1. The van der Waals surface area contributed by atoms with Gasteiger partial charge in [-0.2, -0.15) is 0 Å². The monoisotopic (exact) mass is 376 g/mol. The second-order valence-electron chi connectivity index (χ2n) is 6.04. The van der Waals surface area contributed by atoms with E-state index < -0.39 is 5.97 Å². The number of esters is 1. The molecule has 0 aliphatic carbocycles. The maximum atomic E-state index is 12.5. The molecule has 1 N–H and O–H groups in total. The van der Waals surface area contributed by atoms with Crippen molar-refractivity contribution in [1.29, 1.82) is 0 Å². The number of aromatic amines is 1. The average Bonchev–Trinajstić information content (AvgIpc) is 3.20. The van der Waals surface area contributed by atoms with Crippen LogP contribution in [0.4, 0.5) is 0 Å². The molecule has 7 nitrogen and oxygen atoms in total. The van der Waals surface area contributed by atoms with Gasteiger partial charge >= 0.3 is 5.97 Å². The van der Waals surface area contributed by atoms with Crippen molar-refractivity contribution in [2.75, 3.05) is 7.11 Å². The van der Waals surface area contributed by atoms with Gasteiger partial charge in [-0.3, -0.25) is 4.79 Å². The van der Waals surface area contributed by atoms with Crippen LogP contribution in [0.2, 0.25) is 0 Å². The molecular weight excluding hydrogens is 360 g/mol. The quantitative estimate of drug-likeness (QED) is 0.535. The van der Waals surface area contributed by atoms with Crippen molar-refractivity contribution in [3.63, 3.8) is 0 Å². The minimum atomic E-state index is -0.601. The van der Waals surface area contributed by atoms with E-state index in [4.69, 9.17) is 13.9 Å². The van der Waals surface area contributed by atoms with Gasteiger partial charge in [-0.15, -0.1) is 0 Å². The molecule has 0 saturated heterocycles. The highest BCUT2D eigenvalue weighted by Crippen LogP contribution is 2.22. The molecule has 0 amide bonds. The largest absolute Gasteiger partial charge is 0.497 e. The van der Waals surface area contributed by atoms with Gasteiger partial charge in [-0.05, 0) is 30.3 Å². The molecule has 4 aromatic rings. The maximum absolute atomic E-state index is 12.5. The summed E-state index contributed by atoms with van der Waals surface area (Å²) in [6.07, 6.45) is 1.43. The van der Waals surface area contributed by atoms with Crippen molar-refractivity contribution >= 4 is 16.9 Å². The Balaban J connectivity index is 1.50. The van der Waals surface area contributed by atoms with Gasteiger partial charge < -0.3 is 18.9 Å². The van der Waals surface area contributed by atoms with Crippen molar-refractivity contribution in [2.24, 2.45) is 0 Å². The third-order valence-electron chi connectivity index (χ3n) is 4.21. The number of rotatable bonds is 5. The van der Waals surface area contributed by atoms with E-state index in [1.165, 1.54) is 12.3 Å². The molecule has 2 aromatic heterocycles. The molecule has 0 fully saturated rings. The first-order valence-corrected chi connectivity index (χ1v) is 8.52. The molecule has 0 aliphatic heterocycles. The Kier molecular flexibility index (Phi) is 4.63. The summed E-state index contributed by atoms with van der Waals surface area (Å²) in [5.74, 6) is 0.543. The third-order valence-corrected chi connectivity index (χ3v) is 4.21. The predicted octanol–water partition coefficient (Wildman–Crippen LogP) is 3.55. The number of fused-ring (bicyclic) bond motifs is 1. The Hall–Kier alpha value is -3.87. The zero-order valence-corrected chi connectivity index (χ0v) is 15.0. The second kappa shape index (κ2) is 7.40. The fraction of sp³-hybridized carbons (Fsp3) is 0.0952. The van der Waals surface area contributed by atoms with Gasteiger partial charge in [0.15, 0.2) is 0 Å². The zero-order chi connectivity index (χ0) is 19.5. The fourth-order valence-corrected chi connectivity index (χ4v) is 2.83. The van der Waals surface area contributed by atoms with Gasteiger partial charge in [0, 0.05) is 22.5 Å². The standard InChI is InChI=1S/C21H16N2O5/c1-26-15-8-6-13(7-9-15)20-22-14(11-27-20)12-28-21(25)17-10-19(24)23-18-5-3-2-4-16(17)18/h2-11H,12H2,1H3,(H,23,24). The average molecular weight is 376 g/mol. The van der Waals surface area contributed by atoms with Crippen LogP contribution in [0.3, 0.4) is 0 Å². The Morgan fingerprint density at radius 1 is 1.14 bits per heavy atom. The minimum Gasteiger partial charge on any atom is -0.497 e. The summed E-state index contributed by atoms with van der Waals surface area (Å²) in [6, 6.07) is 15.5. The van der Waals surface area contributed by atoms with Crippen LogP contribution >= 0.6 is 0 Å². The van der Waals surface area contributed by atoms with E-state index in [-0.39, 0.29) is 17.7 Å². The van der Waals surface area contributed by atoms with Crippen LogP contribution in [0.1, 0.15) is 16.1 Å². The van der Waals surface area contributed by atoms with E-state index >= 15 is 0 Å². The number of hydrogen-bond donors (Lipinski definition) is 1. The number of para-hydroxylation sites is 1. The molecule has 0 aliphatic rings. The first-order chi connectivity index (χ1) is 13.6. The van der Waals surface area contributed by atoms with E-state index in [1.54, 1.807) is 43.5 Å². The molecule has 140 valence electrons. The molecule has 2 aromatic carbocycles. The molecule has 0 saturated carbocycles. The second-order valence-corrected chi connectivity index (χ2v) is 6.04. The van der Waals surface area contributed by atoms with Crippen molar-refractivity contribution in [3.05, 3.63) is 82.5 Å². The van der Waals surface area contributed by atoms with Gasteiger partial charge in [0.2, 0.25) is 11.4 Å². The van der Waals surface area contributed by atoms with Crippen molar-refractivity contribution in [2.45, 2.75) is 6.61 Å². The summed E-state index contributed by atoms with van der Waals surface area (Å²) in [5, 5.41) is 0.617. The van der Waals surface area contributed by atoms with Gasteiger partial charge in [0.1, 0.15) is 24.3 Å². The number of carbonyl (C=O) groups excluding carboxylic acids is 1. The van der Waals surface area contributed by atoms with Crippen LogP contribution in [0.15, 0.2) is 70.1 Å². The maximum Gasteiger partial charge on any atom is 0.339 e. The number of pyridine rings is 1. The van der Waals surface area contributed by atoms with Crippen LogP contribution in [-0.4, -0.2) is 23.0 Å². The third kappa shape index (κ3) is 3.50. The molecule has 0 unspecified atom stereocenters.